The lowest BCUT2D eigenvalue weighted by atomic mass is 9.78. The molecule has 0 saturated carbocycles. The number of β-amino-alcohol motifs (C(OH)–C–C–N with tert-alkyl or cyclic N) is 1. The van der Waals surface area contributed by atoms with Crippen LogP contribution < -0.4 is 0 Å². The van der Waals surface area contributed by atoms with Gasteiger partial charge in [-0.3, -0.25) is 9.69 Å². The van der Waals surface area contributed by atoms with E-state index in [4.69, 9.17) is 9.63 Å². The first-order valence-corrected chi connectivity index (χ1v) is 8.96. The lowest BCUT2D eigenvalue weighted by Gasteiger charge is -2.39. The number of carbonyl (C=O) groups excluding carboxylic acids is 1. The monoisotopic (exact) mass is 336 g/mol. The largest absolute Gasteiger partial charge is 0.395 e. The molecule has 24 heavy (non-hydrogen) atoms. The molecule has 1 aromatic rings. The van der Waals surface area contributed by atoms with Crippen molar-refractivity contribution in [3.63, 3.8) is 0 Å². The van der Waals surface area contributed by atoms with E-state index in [1.165, 1.54) is 0 Å². The van der Waals surface area contributed by atoms with Crippen LogP contribution in [0.4, 0.5) is 0 Å². The first-order chi connectivity index (χ1) is 11.5. The van der Waals surface area contributed by atoms with Gasteiger partial charge in [-0.15, -0.1) is 0 Å². The van der Waals surface area contributed by atoms with Crippen molar-refractivity contribution in [1.82, 2.24) is 19.9 Å². The van der Waals surface area contributed by atoms with Gasteiger partial charge in [-0.1, -0.05) is 19.0 Å². The Morgan fingerprint density at radius 2 is 2.17 bits per heavy atom. The van der Waals surface area contributed by atoms with Crippen LogP contribution in [0, 0.1) is 11.3 Å². The Balaban J connectivity index is 1.60. The molecule has 7 heteroatoms. The average Bonchev–Trinajstić information content (AvgIpc) is 3.12. The molecule has 2 aliphatic rings. The summed E-state index contributed by atoms with van der Waals surface area (Å²) in [5.74, 6) is 2.10. The number of hydrogen-bond acceptors (Lipinski definition) is 6. The quantitative estimate of drug-likeness (QED) is 0.837. The van der Waals surface area contributed by atoms with Crippen molar-refractivity contribution in [2.45, 2.75) is 46.1 Å². The summed E-state index contributed by atoms with van der Waals surface area (Å²) in [7, 11) is 0. The van der Waals surface area contributed by atoms with E-state index in [9.17, 15) is 4.79 Å². The van der Waals surface area contributed by atoms with Crippen LogP contribution in [0.25, 0.3) is 0 Å². The van der Waals surface area contributed by atoms with Gasteiger partial charge in [0.25, 0.3) is 0 Å². The standard InChI is InChI=1S/C17H28N4O3/c1-13(2)10-15-18-14(19-24-15)11-20-7-5-17(12-20)4-3-6-21(8-9-22)16(17)23/h13,22H,3-12H2,1-2H3/t17-/m1/s1. The number of likely N-dealkylation sites (tertiary alicyclic amines) is 2. The highest BCUT2D eigenvalue weighted by Gasteiger charge is 2.48. The van der Waals surface area contributed by atoms with Gasteiger partial charge in [-0.25, -0.2) is 0 Å². The van der Waals surface area contributed by atoms with Crippen LogP contribution in [-0.2, 0) is 17.8 Å². The third kappa shape index (κ3) is 3.62. The number of piperidine rings is 1. The molecule has 1 amide bonds. The van der Waals surface area contributed by atoms with Crippen LogP contribution in [0.5, 0.6) is 0 Å². The predicted octanol–water partition coefficient (Wildman–Crippen LogP) is 1.07. The van der Waals surface area contributed by atoms with E-state index in [-0.39, 0.29) is 17.9 Å². The van der Waals surface area contributed by atoms with E-state index < -0.39 is 0 Å². The number of amides is 1. The van der Waals surface area contributed by atoms with Crippen molar-refractivity contribution >= 4 is 5.91 Å². The maximum Gasteiger partial charge on any atom is 0.230 e. The van der Waals surface area contributed by atoms with Crippen LogP contribution in [-0.4, -0.2) is 63.7 Å². The topological polar surface area (TPSA) is 82.7 Å². The second-order valence-corrected chi connectivity index (χ2v) is 7.56. The molecular weight excluding hydrogens is 308 g/mol. The highest BCUT2D eigenvalue weighted by Crippen LogP contribution is 2.40. The fraction of sp³-hybridized carbons (Fsp3) is 0.824. The second kappa shape index (κ2) is 7.19. The third-order valence-corrected chi connectivity index (χ3v) is 5.09. The molecule has 0 radical (unpaired) electrons. The average molecular weight is 336 g/mol. The number of nitrogens with zero attached hydrogens (tertiary/aromatic N) is 4. The lowest BCUT2D eigenvalue weighted by molar-refractivity contribution is -0.146. The molecule has 134 valence electrons. The molecule has 1 atom stereocenters. The van der Waals surface area contributed by atoms with Crippen LogP contribution in [0.1, 0.15) is 44.8 Å². The summed E-state index contributed by atoms with van der Waals surface area (Å²) in [5, 5.41) is 13.2. The molecule has 3 rings (SSSR count). The van der Waals surface area contributed by atoms with E-state index >= 15 is 0 Å². The van der Waals surface area contributed by atoms with Crippen LogP contribution in [0.15, 0.2) is 4.52 Å². The number of aromatic nitrogens is 2. The summed E-state index contributed by atoms with van der Waals surface area (Å²) in [6.45, 7) is 7.77. The SMILES string of the molecule is CC(C)Cc1nc(CN2CC[C@]3(CCCN(CCO)C3=O)C2)no1. The summed E-state index contributed by atoms with van der Waals surface area (Å²) in [6, 6.07) is 0. The third-order valence-electron chi connectivity index (χ3n) is 5.09. The number of rotatable bonds is 6. The molecule has 1 aromatic heterocycles. The van der Waals surface area contributed by atoms with Gasteiger partial charge in [-0.05, 0) is 31.7 Å². The number of aliphatic hydroxyl groups excluding tert-OH is 1. The zero-order valence-corrected chi connectivity index (χ0v) is 14.7. The Labute approximate surface area is 143 Å². The van der Waals surface area contributed by atoms with Gasteiger partial charge in [0.15, 0.2) is 5.82 Å². The minimum atomic E-state index is -0.280. The summed E-state index contributed by atoms with van der Waals surface area (Å²) >= 11 is 0. The van der Waals surface area contributed by atoms with Gasteiger partial charge in [0.05, 0.1) is 18.6 Å². The molecular formula is C17H28N4O3. The summed E-state index contributed by atoms with van der Waals surface area (Å²) in [5.41, 5.74) is -0.280. The minimum absolute atomic E-state index is 0.0347. The second-order valence-electron chi connectivity index (χ2n) is 7.56. The van der Waals surface area contributed by atoms with E-state index in [1.807, 2.05) is 4.90 Å². The van der Waals surface area contributed by atoms with Gasteiger partial charge in [0, 0.05) is 26.1 Å². The highest BCUT2D eigenvalue weighted by molar-refractivity contribution is 5.84. The smallest absolute Gasteiger partial charge is 0.230 e. The zero-order valence-electron chi connectivity index (χ0n) is 14.7. The van der Waals surface area contributed by atoms with E-state index in [0.29, 0.717) is 30.7 Å². The van der Waals surface area contributed by atoms with Crippen LogP contribution in [0.3, 0.4) is 0 Å². The first kappa shape index (κ1) is 17.4. The van der Waals surface area contributed by atoms with Gasteiger partial charge in [0.2, 0.25) is 11.8 Å². The summed E-state index contributed by atoms with van der Waals surface area (Å²) in [6.07, 6.45) is 3.63. The van der Waals surface area contributed by atoms with Crippen LogP contribution >= 0.6 is 0 Å². The number of aliphatic hydroxyl groups is 1. The zero-order chi connectivity index (χ0) is 17.2. The molecule has 7 nitrogen and oxygen atoms in total. The highest BCUT2D eigenvalue weighted by atomic mass is 16.5. The van der Waals surface area contributed by atoms with Crippen molar-refractivity contribution in [2.75, 3.05) is 32.8 Å². The van der Waals surface area contributed by atoms with Gasteiger partial charge in [-0.2, -0.15) is 4.98 Å². The Morgan fingerprint density at radius 3 is 2.92 bits per heavy atom. The molecule has 1 N–H and O–H groups in total. The molecule has 3 heterocycles. The van der Waals surface area contributed by atoms with E-state index in [0.717, 1.165) is 45.3 Å². The Hall–Kier alpha value is -1.47. The maximum absolute atomic E-state index is 12.8. The van der Waals surface area contributed by atoms with Gasteiger partial charge in [0.1, 0.15) is 0 Å². The minimum Gasteiger partial charge on any atom is -0.395 e. The van der Waals surface area contributed by atoms with E-state index in [1.54, 1.807) is 0 Å². The van der Waals surface area contributed by atoms with Crippen LogP contribution in [0.2, 0.25) is 0 Å². The molecule has 0 aliphatic carbocycles. The Bertz CT molecular complexity index is 572. The number of hydrogen-bond donors (Lipinski definition) is 1. The molecule has 0 unspecified atom stereocenters. The molecule has 0 bridgehead atoms. The van der Waals surface area contributed by atoms with Gasteiger partial charge < -0.3 is 14.5 Å². The van der Waals surface area contributed by atoms with Crippen molar-refractivity contribution in [2.24, 2.45) is 11.3 Å². The predicted molar refractivity (Wildman–Crippen MR) is 88.1 cm³/mol. The van der Waals surface area contributed by atoms with Crippen molar-refractivity contribution in [3.8, 4) is 0 Å². The molecule has 2 fully saturated rings. The molecule has 0 aromatic carbocycles. The van der Waals surface area contributed by atoms with Gasteiger partial charge >= 0.3 is 0 Å². The fourth-order valence-electron chi connectivity index (χ4n) is 3.94. The summed E-state index contributed by atoms with van der Waals surface area (Å²) in [4.78, 5) is 21.3. The lowest BCUT2D eigenvalue weighted by Crippen LogP contribution is -2.50. The number of carbonyl (C=O) groups is 1. The summed E-state index contributed by atoms with van der Waals surface area (Å²) < 4.78 is 5.30. The molecule has 2 aliphatic heterocycles. The van der Waals surface area contributed by atoms with Crippen molar-refractivity contribution < 1.29 is 14.4 Å². The Morgan fingerprint density at radius 1 is 1.33 bits per heavy atom. The first-order valence-electron chi connectivity index (χ1n) is 8.96. The fourth-order valence-corrected chi connectivity index (χ4v) is 3.94. The maximum atomic E-state index is 12.8. The van der Waals surface area contributed by atoms with E-state index in [2.05, 4.69) is 28.9 Å². The molecule has 2 saturated heterocycles. The van der Waals surface area contributed by atoms with Crippen molar-refractivity contribution in [3.05, 3.63) is 11.7 Å². The Kier molecular flexibility index (Phi) is 5.20. The molecule has 1 spiro atoms. The van der Waals surface area contributed by atoms with Crippen molar-refractivity contribution in [1.29, 1.82) is 0 Å². The normalized spacial score (nSPS) is 25.3.